The Morgan fingerprint density at radius 3 is 1.57 bits per heavy atom. The molecule has 28 heavy (non-hydrogen) atoms. The van der Waals surface area contributed by atoms with Crippen molar-refractivity contribution in [2.45, 2.75) is 38.8 Å². The van der Waals surface area contributed by atoms with E-state index in [0.29, 0.717) is 51.6 Å². The molecule has 0 aliphatic carbocycles. The Bertz CT molecular complexity index is 824. The topological polar surface area (TPSA) is 43.2 Å². The molecule has 2 heterocycles. The first-order valence-electron chi connectivity index (χ1n) is 9.73. The zero-order valence-electron chi connectivity index (χ0n) is 16.1. The molecule has 0 saturated heterocycles. The van der Waals surface area contributed by atoms with E-state index in [1.165, 1.54) is 20.1 Å². The van der Waals surface area contributed by atoms with E-state index < -0.39 is 0 Å². The molecule has 6 heteroatoms. The molecule has 146 valence electrons. The number of nitrogens with zero attached hydrogens (tertiary/aromatic N) is 2. The SMILES string of the molecule is CCC1COC(c2ccccc2[Se][Se]c2ccccc2C2=NC(CC)CO2)=N1. The van der Waals surface area contributed by atoms with Gasteiger partial charge in [-0.1, -0.05) is 0 Å². The van der Waals surface area contributed by atoms with Gasteiger partial charge in [-0.3, -0.25) is 0 Å². The first-order chi connectivity index (χ1) is 13.8. The zero-order valence-corrected chi connectivity index (χ0v) is 19.6. The fraction of sp³-hybridized carbons (Fsp3) is 0.364. The van der Waals surface area contributed by atoms with Crippen LogP contribution in [0.3, 0.4) is 0 Å². The van der Waals surface area contributed by atoms with E-state index in [0.717, 1.165) is 24.6 Å². The van der Waals surface area contributed by atoms with Crippen LogP contribution in [0.15, 0.2) is 58.5 Å². The van der Waals surface area contributed by atoms with Crippen molar-refractivity contribution >= 4 is 47.0 Å². The molecular weight excluding hydrogens is 482 g/mol. The fourth-order valence-electron chi connectivity index (χ4n) is 3.07. The van der Waals surface area contributed by atoms with Crippen molar-refractivity contribution < 1.29 is 9.47 Å². The maximum atomic E-state index is 5.89. The van der Waals surface area contributed by atoms with Gasteiger partial charge in [0.2, 0.25) is 0 Å². The van der Waals surface area contributed by atoms with Crippen molar-refractivity contribution in [3.05, 3.63) is 59.7 Å². The molecule has 0 radical (unpaired) electrons. The molecule has 0 amide bonds. The minimum absolute atomic E-state index is 0.297. The first kappa shape index (κ1) is 19.7. The molecule has 2 aliphatic rings. The Balaban J connectivity index is 1.54. The van der Waals surface area contributed by atoms with E-state index >= 15 is 0 Å². The van der Waals surface area contributed by atoms with Gasteiger partial charge in [-0.15, -0.1) is 0 Å². The predicted molar refractivity (Wildman–Crippen MR) is 117 cm³/mol. The number of rotatable bonds is 7. The number of aliphatic imine (C=N–C) groups is 2. The van der Waals surface area contributed by atoms with Gasteiger partial charge in [0.1, 0.15) is 0 Å². The van der Waals surface area contributed by atoms with Crippen LogP contribution < -0.4 is 8.92 Å². The second-order valence-corrected chi connectivity index (χ2v) is 13.0. The number of hydrogen-bond acceptors (Lipinski definition) is 4. The molecule has 0 saturated carbocycles. The van der Waals surface area contributed by atoms with Gasteiger partial charge >= 0.3 is 178 Å². The molecular formula is C22H24N2O2Se2. The summed E-state index contributed by atoms with van der Waals surface area (Å²) in [5.74, 6) is 1.64. The van der Waals surface area contributed by atoms with Gasteiger partial charge in [0, 0.05) is 0 Å². The summed E-state index contributed by atoms with van der Waals surface area (Å²) in [4.78, 5) is 9.53. The van der Waals surface area contributed by atoms with E-state index in [9.17, 15) is 0 Å². The van der Waals surface area contributed by atoms with Crippen molar-refractivity contribution in [2.24, 2.45) is 9.98 Å². The summed E-state index contributed by atoms with van der Waals surface area (Å²) in [5.41, 5.74) is 2.33. The molecule has 4 nitrogen and oxygen atoms in total. The van der Waals surface area contributed by atoms with E-state index in [2.05, 4.69) is 62.4 Å². The van der Waals surface area contributed by atoms with E-state index in [4.69, 9.17) is 19.5 Å². The van der Waals surface area contributed by atoms with Crippen LogP contribution in [-0.4, -0.2) is 63.4 Å². The van der Waals surface area contributed by atoms with Crippen LogP contribution in [0.25, 0.3) is 0 Å². The summed E-state index contributed by atoms with van der Waals surface area (Å²) >= 11 is 0.665. The Hall–Kier alpha value is -1.58. The summed E-state index contributed by atoms with van der Waals surface area (Å²) in [5, 5.41) is 0. The third-order valence-corrected chi connectivity index (χ3v) is 12.1. The van der Waals surface area contributed by atoms with Crippen LogP contribution >= 0.6 is 0 Å². The second kappa shape index (κ2) is 9.28. The quantitative estimate of drug-likeness (QED) is 0.540. The summed E-state index contributed by atoms with van der Waals surface area (Å²) < 4.78 is 14.5. The molecule has 0 N–H and O–H groups in total. The van der Waals surface area contributed by atoms with Crippen LogP contribution in [0.2, 0.25) is 0 Å². The Labute approximate surface area is 177 Å². The van der Waals surface area contributed by atoms with Gasteiger partial charge in [-0.2, -0.15) is 0 Å². The summed E-state index contributed by atoms with van der Waals surface area (Å²) in [6.07, 6.45) is 2.05. The zero-order chi connectivity index (χ0) is 19.3. The average Bonchev–Trinajstić information content (AvgIpc) is 3.42. The van der Waals surface area contributed by atoms with Crippen LogP contribution in [0.4, 0.5) is 0 Å². The minimum atomic E-state index is 0.297. The van der Waals surface area contributed by atoms with Gasteiger partial charge in [0.05, 0.1) is 0 Å². The molecule has 2 aromatic carbocycles. The Morgan fingerprint density at radius 1 is 0.750 bits per heavy atom. The van der Waals surface area contributed by atoms with Crippen LogP contribution in [0.5, 0.6) is 0 Å². The maximum absolute atomic E-state index is 5.89. The van der Waals surface area contributed by atoms with Crippen molar-refractivity contribution in [2.75, 3.05) is 13.2 Å². The van der Waals surface area contributed by atoms with Gasteiger partial charge in [-0.05, 0) is 0 Å². The van der Waals surface area contributed by atoms with Gasteiger partial charge in [0.25, 0.3) is 0 Å². The normalized spacial score (nSPS) is 21.1. The van der Waals surface area contributed by atoms with Crippen molar-refractivity contribution in [1.82, 2.24) is 0 Å². The molecule has 0 fully saturated rings. The summed E-state index contributed by atoms with van der Waals surface area (Å²) in [6, 6.07) is 17.7. The number of hydrogen-bond donors (Lipinski definition) is 0. The van der Waals surface area contributed by atoms with Crippen LogP contribution in [-0.2, 0) is 9.47 Å². The van der Waals surface area contributed by atoms with Gasteiger partial charge < -0.3 is 0 Å². The molecule has 4 rings (SSSR count). The Morgan fingerprint density at radius 2 is 1.18 bits per heavy atom. The van der Waals surface area contributed by atoms with Crippen molar-refractivity contribution in [3.8, 4) is 0 Å². The van der Waals surface area contributed by atoms with Crippen molar-refractivity contribution in [3.63, 3.8) is 0 Å². The van der Waals surface area contributed by atoms with E-state index in [1.54, 1.807) is 0 Å². The van der Waals surface area contributed by atoms with Crippen LogP contribution in [0.1, 0.15) is 37.8 Å². The van der Waals surface area contributed by atoms with E-state index in [-0.39, 0.29) is 0 Å². The molecule has 0 spiro atoms. The third-order valence-electron chi connectivity index (χ3n) is 4.82. The number of benzene rings is 2. The fourth-order valence-corrected chi connectivity index (χ4v) is 10.2. The van der Waals surface area contributed by atoms with Crippen molar-refractivity contribution in [1.29, 1.82) is 0 Å². The van der Waals surface area contributed by atoms with Crippen LogP contribution in [0, 0.1) is 0 Å². The molecule has 2 atom stereocenters. The molecule has 2 unspecified atom stereocenters. The Kier molecular flexibility index (Phi) is 6.54. The summed E-state index contributed by atoms with van der Waals surface area (Å²) in [7, 11) is 0. The number of ether oxygens (including phenoxy) is 2. The molecule has 2 aliphatic heterocycles. The van der Waals surface area contributed by atoms with Gasteiger partial charge in [-0.25, -0.2) is 0 Å². The molecule has 0 aromatic heterocycles. The summed E-state index contributed by atoms with van der Waals surface area (Å²) in [6.45, 7) is 5.73. The van der Waals surface area contributed by atoms with Gasteiger partial charge in [0.15, 0.2) is 0 Å². The second-order valence-electron chi connectivity index (χ2n) is 6.77. The monoisotopic (exact) mass is 508 g/mol. The average molecular weight is 506 g/mol. The third kappa shape index (κ3) is 4.36. The van der Waals surface area contributed by atoms with E-state index in [1.807, 2.05) is 0 Å². The predicted octanol–water partition coefficient (Wildman–Crippen LogP) is 2.07. The standard InChI is InChI=1S/C22H24N2O2Se2/c1-3-15-13-25-21(23-15)17-9-5-7-11-19(17)27-28-20-12-8-6-10-18(20)22-24-16(4-2)14-26-22/h5-12,15-16H,3-4,13-14H2,1-2H3. The molecule has 0 bridgehead atoms. The molecule has 2 aromatic rings. The first-order valence-corrected chi connectivity index (χ1v) is 15.8.